The molecule has 0 amide bonds. The number of esters is 1. The summed E-state index contributed by atoms with van der Waals surface area (Å²) in [6.07, 6.45) is 0. The van der Waals surface area contributed by atoms with E-state index in [0.717, 1.165) is 16.9 Å². The van der Waals surface area contributed by atoms with Crippen molar-refractivity contribution < 1.29 is 23.8 Å². The maximum Gasteiger partial charge on any atom is 0.357 e. The highest BCUT2D eigenvalue weighted by Crippen LogP contribution is 2.19. The first-order valence-corrected chi connectivity index (χ1v) is 9.00. The first-order valence-electron chi connectivity index (χ1n) is 8.12. The minimum Gasteiger partial charge on any atom is -0.489 e. The minimum absolute atomic E-state index is 0.116. The van der Waals surface area contributed by atoms with Gasteiger partial charge in [-0.2, -0.15) is 0 Å². The van der Waals surface area contributed by atoms with Crippen molar-refractivity contribution in [1.29, 1.82) is 0 Å². The van der Waals surface area contributed by atoms with Gasteiger partial charge in [-0.25, -0.2) is 9.78 Å². The molecular formula is C20H17NO5S. The van der Waals surface area contributed by atoms with Gasteiger partial charge in [-0.15, -0.1) is 11.3 Å². The second-order valence-electron chi connectivity index (χ2n) is 5.49. The van der Waals surface area contributed by atoms with E-state index in [1.165, 1.54) is 12.5 Å². The molecule has 1 heterocycles. The molecule has 0 bridgehead atoms. The van der Waals surface area contributed by atoms with E-state index < -0.39 is 5.97 Å². The zero-order chi connectivity index (χ0) is 19.1. The molecule has 0 aliphatic heterocycles. The van der Waals surface area contributed by atoms with Crippen LogP contribution < -0.4 is 9.47 Å². The highest BCUT2D eigenvalue weighted by atomic mass is 32.1. The Bertz CT molecular complexity index is 906. The normalized spacial score (nSPS) is 10.3. The van der Waals surface area contributed by atoms with Crippen LogP contribution in [-0.2, 0) is 11.3 Å². The molecule has 138 valence electrons. The molecule has 0 fully saturated rings. The standard InChI is InChI=1S/C20H17NO5S/c1-24-20(23)17-13-27-19(21-17)18(22)12-26-16-9-7-15(8-10-16)25-11-14-5-3-2-4-6-14/h2-10,13H,11-12H2,1H3. The molecule has 0 aliphatic rings. The van der Waals surface area contributed by atoms with Crippen molar-refractivity contribution in [1.82, 2.24) is 4.98 Å². The van der Waals surface area contributed by atoms with Crippen molar-refractivity contribution in [3.05, 3.63) is 76.2 Å². The summed E-state index contributed by atoms with van der Waals surface area (Å²) in [5, 5.41) is 1.69. The molecule has 0 spiro atoms. The molecule has 0 saturated heterocycles. The lowest BCUT2D eigenvalue weighted by atomic mass is 10.2. The summed E-state index contributed by atoms with van der Waals surface area (Å²) >= 11 is 1.08. The van der Waals surface area contributed by atoms with Gasteiger partial charge >= 0.3 is 5.97 Å². The van der Waals surface area contributed by atoms with E-state index in [9.17, 15) is 9.59 Å². The third-order valence-corrected chi connectivity index (χ3v) is 4.46. The summed E-state index contributed by atoms with van der Waals surface area (Å²) in [6.45, 7) is 0.310. The molecule has 2 aromatic carbocycles. The number of carbonyl (C=O) groups excluding carboxylic acids is 2. The Hall–Kier alpha value is -3.19. The number of hydrogen-bond donors (Lipinski definition) is 0. The Morgan fingerprint density at radius 3 is 2.30 bits per heavy atom. The summed E-state index contributed by atoms with van der Waals surface area (Å²) in [4.78, 5) is 27.4. The number of rotatable bonds is 8. The number of ketones is 1. The van der Waals surface area contributed by atoms with Crippen LogP contribution in [0, 0.1) is 0 Å². The van der Waals surface area contributed by atoms with Crippen molar-refractivity contribution in [2.75, 3.05) is 13.7 Å². The van der Waals surface area contributed by atoms with E-state index in [1.807, 2.05) is 30.3 Å². The number of thiazole rings is 1. The zero-order valence-corrected chi connectivity index (χ0v) is 15.4. The molecular weight excluding hydrogens is 366 g/mol. The predicted octanol–water partition coefficient (Wildman–Crippen LogP) is 3.77. The summed E-state index contributed by atoms with van der Waals surface area (Å²) in [5.41, 5.74) is 1.20. The lowest BCUT2D eigenvalue weighted by Gasteiger charge is -2.08. The van der Waals surface area contributed by atoms with E-state index in [1.54, 1.807) is 24.3 Å². The fourth-order valence-corrected chi connectivity index (χ4v) is 2.90. The average Bonchev–Trinajstić information content (AvgIpc) is 3.22. The van der Waals surface area contributed by atoms with Crippen molar-refractivity contribution in [2.45, 2.75) is 6.61 Å². The van der Waals surface area contributed by atoms with Gasteiger partial charge < -0.3 is 14.2 Å². The minimum atomic E-state index is -0.572. The molecule has 7 heteroatoms. The van der Waals surface area contributed by atoms with Gasteiger partial charge in [0, 0.05) is 5.38 Å². The quantitative estimate of drug-likeness (QED) is 0.435. The first kappa shape index (κ1) is 18.6. The number of nitrogens with zero attached hydrogens (tertiary/aromatic N) is 1. The Labute approximate surface area is 160 Å². The summed E-state index contributed by atoms with van der Waals surface area (Å²) in [5.74, 6) is 0.372. The number of Topliss-reactive ketones (excluding diaryl/α,β-unsaturated/α-hetero) is 1. The maximum atomic E-state index is 12.1. The number of aromatic nitrogens is 1. The van der Waals surface area contributed by atoms with Gasteiger partial charge in [0.15, 0.2) is 17.3 Å². The number of carbonyl (C=O) groups is 2. The van der Waals surface area contributed by atoms with Crippen molar-refractivity contribution >= 4 is 23.1 Å². The zero-order valence-electron chi connectivity index (χ0n) is 14.6. The van der Waals surface area contributed by atoms with Crippen LogP contribution in [-0.4, -0.2) is 30.5 Å². The largest absolute Gasteiger partial charge is 0.489 e. The topological polar surface area (TPSA) is 74.7 Å². The third kappa shape index (κ3) is 5.15. The Balaban J connectivity index is 1.50. The monoisotopic (exact) mass is 383 g/mol. The predicted molar refractivity (Wildman–Crippen MR) is 100 cm³/mol. The van der Waals surface area contributed by atoms with Crippen LogP contribution in [0.15, 0.2) is 60.0 Å². The van der Waals surface area contributed by atoms with Crippen molar-refractivity contribution in [3.8, 4) is 11.5 Å². The maximum absolute atomic E-state index is 12.1. The molecule has 27 heavy (non-hydrogen) atoms. The fraction of sp³-hybridized carbons (Fsp3) is 0.150. The number of benzene rings is 2. The van der Waals surface area contributed by atoms with Crippen LogP contribution in [0.2, 0.25) is 0 Å². The highest BCUT2D eigenvalue weighted by molar-refractivity contribution is 7.12. The Morgan fingerprint density at radius 2 is 1.63 bits per heavy atom. The van der Waals surface area contributed by atoms with Crippen LogP contribution in [0.25, 0.3) is 0 Å². The van der Waals surface area contributed by atoms with E-state index in [2.05, 4.69) is 9.72 Å². The van der Waals surface area contributed by atoms with E-state index in [0.29, 0.717) is 18.1 Å². The molecule has 0 unspecified atom stereocenters. The molecule has 3 aromatic rings. The van der Waals surface area contributed by atoms with E-state index in [4.69, 9.17) is 9.47 Å². The Kier molecular flexibility index (Phi) is 6.17. The highest BCUT2D eigenvalue weighted by Gasteiger charge is 2.16. The Morgan fingerprint density at radius 1 is 0.963 bits per heavy atom. The van der Waals surface area contributed by atoms with Crippen LogP contribution in [0.3, 0.4) is 0 Å². The SMILES string of the molecule is COC(=O)c1csc(C(=O)COc2ccc(OCc3ccccc3)cc2)n1. The third-order valence-electron chi connectivity index (χ3n) is 3.58. The molecule has 6 nitrogen and oxygen atoms in total. The summed E-state index contributed by atoms with van der Waals surface area (Å²) < 4.78 is 15.8. The molecule has 1 aromatic heterocycles. The number of ether oxygens (including phenoxy) is 3. The number of methoxy groups -OCH3 is 1. The molecule has 3 rings (SSSR count). The van der Waals surface area contributed by atoms with Gasteiger partial charge in [-0.05, 0) is 29.8 Å². The smallest absolute Gasteiger partial charge is 0.357 e. The van der Waals surface area contributed by atoms with Gasteiger partial charge in [0.25, 0.3) is 0 Å². The van der Waals surface area contributed by atoms with E-state index >= 15 is 0 Å². The first-order chi connectivity index (χ1) is 13.2. The summed E-state index contributed by atoms with van der Waals surface area (Å²) in [6, 6.07) is 16.9. The lowest BCUT2D eigenvalue weighted by Crippen LogP contribution is -2.12. The molecule has 0 saturated carbocycles. The van der Waals surface area contributed by atoms with Gasteiger partial charge in [0.2, 0.25) is 5.78 Å². The van der Waals surface area contributed by atoms with Crippen LogP contribution in [0.1, 0.15) is 25.9 Å². The van der Waals surface area contributed by atoms with E-state index in [-0.39, 0.29) is 23.1 Å². The second kappa shape index (κ2) is 8.95. The van der Waals surface area contributed by atoms with Gasteiger partial charge in [-0.1, -0.05) is 30.3 Å². The van der Waals surface area contributed by atoms with Crippen molar-refractivity contribution in [2.24, 2.45) is 0 Å². The van der Waals surface area contributed by atoms with Crippen LogP contribution in [0.5, 0.6) is 11.5 Å². The molecule has 0 aliphatic carbocycles. The molecule has 0 atom stereocenters. The average molecular weight is 383 g/mol. The fourth-order valence-electron chi connectivity index (χ4n) is 2.18. The lowest BCUT2D eigenvalue weighted by molar-refractivity contribution is 0.0595. The van der Waals surface area contributed by atoms with Crippen molar-refractivity contribution in [3.63, 3.8) is 0 Å². The molecule has 0 N–H and O–H groups in total. The molecule has 0 radical (unpaired) electrons. The van der Waals surface area contributed by atoms with Gasteiger partial charge in [0.1, 0.15) is 18.1 Å². The summed E-state index contributed by atoms with van der Waals surface area (Å²) in [7, 11) is 1.26. The van der Waals surface area contributed by atoms with Crippen LogP contribution >= 0.6 is 11.3 Å². The van der Waals surface area contributed by atoms with Gasteiger partial charge in [0.05, 0.1) is 7.11 Å². The second-order valence-corrected chi connectivity index (χ2v) is 6.35. The number of hydrogen-bond acceptors (Lipinski definition) is 7. The van der Waals surface area contributed by atoms with Crippen LogP contribution in [0.4, 0.5) is 0 Å². The van der Waals surface area contributed by atoms with Gasteiger partial charge in [-0.3, -0.25) is 4.79 Å².